The van der Waals surface area contributed by atoms with E-state index in [0.29, 0.717) is 0 Å². The minimum atomic E-state index is 0.890. The lowest BCUT2D eigenvalue weighted by molar-refractivity contribution is 0.669. The molecule has 4 heteroatoms. The van der Waals surface area contributed by atoms with Crippen LogP contribution in [0.15, 0.2) is 241 Å². The molecule has 0 aliphatic heterocycles. The summed E-state index contributed by atoms with van der Waals surface area (Å²) < 4.78 is 8.75. The number of nitrogens with zero attached hydrogens (tertiary/aromatic N) is 3. The van der Waals surface area contributed by atoms with Crippen LogP contribution < -0.4 is 9.80 Å². The highest BCUT2D eigenvalue weighted by Gasteiger charge is 2.20. The van der Waals surface area contributed by atoms with Gasteiger partial charge in [0.15, 0.2) is 0 Å². The molecule has 0 spiro atoms. The first-order valence-corrected chi connectivity index (χ1v) is 21.1. The van der Waals surface area contributed by atoms with Gasteiger partial charge in [-0.1, -0.05) is 127 Å². The number of hydrogen-bond donors (Lipinski definition) is 0. The first-order valence-electron chi connectivity index (χ1n) is 21.1. The zero-order valence-electron chi connectivity index (χ0n) is 33.8. The van der Waals surface area contributed by atoms with Gasteiger partial charge in [-0.3, -0.25) is 0 Å². The Morgan fingerprint density at radius 1 is 0.290 bits per heavy atom. The first-order chi connectivity index (χ1) is 30.7. The summed E-state index contributed by atoms with van der Waals surface area (Å²) in [4.78, 5) is 4.72. The maximum Gasteiger partial charge on any atom is 0.136 e. The fraction of sp³-hybridized carbons (Fsp3) is 0. The fourth-order valence-corrected chi connectivity index (χ4v) is 9.24. The second-order valence-corrected chi connectivity index (χ2v) is 15.8. The number of aromatic nitrogens is 1. The van der Waals surface area contributed by atoms with Crippen molar-refractivity contribution in [3.05, 3.63) is 237 Å². The van der Waals surface area contributed by atoms with E-state index in [-0.39, 0.29) is 0 Å². The minimum Gasteiger partial charge on any atom is -0.456 e. The lowest BCUT2D eigenvalue weighted by atomic mass is 10.0. The van der Waals surface area contributed by atoms with Gasteiger partial charge in [-0.15, -0.1) is 0 Å². The molecule has 10 aromatic carbocycles. The van der Waals surface area contributed by atoms with Gasteiger partial charge >= 0.3 is 0 Å². The van der Waals surface area contributed by atoms with E-state index in [1.54, 1.807) is 0 Å². The van der Waals surface area contributed by atoms with Gasteiger partial charge in [0, 0.05) is 61.4 Å². The van der Waals surface area contributed by atoms with Crippen molar-refractivity contribution in [3.8, 4) is 16.8 Å². The molecule has 0 atom stereocenters. The largest absolute Gasteiger partial charge is 0.456 e. The number of benzene rings is 10. The molecule has 2 aromatic heterocycles. The number of hydrogen-bond acceptors (Lipinski definition) is 3. The van der Waals surface area contributed by atoms with Gasteiger partial charge in [-0.05, 0) is 131 Å². The van der Waals surface area contributed by atoms with Gasteiger partial charge < -0.3 is 18.8 Å². The molecule has 12 aromatic rings. The molecule has 4 nitrogen and oxygen atoms in total. The van der Waals surface area contributed by atoms with Crippen LogP contribution in [0.25, 0.3) is 71.3 Å². The Hall–Kier alpha value is -8.34. The van der Waals surface area contributed by atoms with Crippen LogP contribution >= 0.6 is 0 Å². The Labute approximate surface area is 359 Å². The molecule has 2 heterocycles. The third-order valence-corrected chi connectivity index (χ3v) is 12.1. The zero-order valence-corrected chi connectivity index (χ0v) is 33.8. The highest BCUT2D eigenvalue weighted by atomic mass is 16.3. The highest BCUT2D eigenvalue weighted by molar-refractivity contribution is 6.12. The first kappa shape index (κ1) is 35.6. The smallest absolute Gasteiger partial charge is 0.136 e. The highest BCUT2D eigenvalue weighted by Crippen LogP contribution is 2.43. The van der Waals surface area contributed by atoms with E-state index in [0.717, 1.165) is 78.4 Å². The number of rotatable bonds is 8. The van der Waals surface area contributed by atoms with Crippen LogP contribution in [-0.2, 0) is 0 Å². The number of para-hydroxylation sites is 4. The number of furan rings is 1. The van der Waals surface area contributed by atoms with E-state index in [1.807, 2.05) is 0 Å². The van der Waals surface area contributed by atoms with Crippen molar-refractivity contribution in [2.45, 2.75) is 0 Å². The molecule has 0 aliphatic rings. The molecule has 0 N–H and O–H groups in total. The average Bonchev–Trinajstić information content (AvgIpc) is 3.86. The zero-order chi connectivity index (χ0) is 41.0. The topological polar surface area (TPSA) is 24.6 Å². The van der Waals surface area contributed by atoms with Gasteiger partial charge in [-0.2, -0.15) is 0 Å². The van der Waals surface area contributed by atoms with Crippen molar-refractivity contribution in [3.63, 3.8) is 0 Å². The van der Waals surface area contributed by atoms with Crippen LogP contribution in [0, 0.1) is 0 Å². The van der Waals surface area contributed by atoms with Gasteiger partial charge in [0.05, 0.1) is 11.0 Å². The SMILES string of the molecule is c1ccc(N(c2cccc(-c3ccc4oc5cc6ccccc6cc5c4c3)c2)c2cccc(N(c3ccccc3)c3ccc4c5ccccc5n(-c5ccccc5)c4c3)c2)cc1. The normalized spacial score (nSPS) is 11.5. The van der Waals surface area contributed by atoms with E-state index in [2.05, 4.69) is 251 Å². The predicted molar refractivity (Wildman–Crippen MR) is 260 cm³/mol. The van der Waals surface area contributed by atoms with Gasteiger partial charge in [-0.25, -0.2) is 0 Å². The summed E-state index contributed by atoms with van der Waals surface area (Å²) in [6.45, 7) is 0. The van der Waals surface area contributed by atoms with Gasteiger partial charge in [0.1, 0.15) is 11.2 Å². The van der Waals surface area contributed by atoms with Crippen molar-refractivity contribution in [2.24, 2.45) is 0 Å². The summed E-state index contributed by atoms with van der Waals surface area (Å²) in [5, 5.41) is 7.08. The summed E-state index contributed by atoms with van der Waals surface area (Å²) in [7, 11) is 0. The van der Waals surface area contributed by atoms with Crippen molar-refractivity contribution in [1.29, 1.82) is 0 Å². The second-order valence-electron chi connectivity index (χ2n) is 15.8. The van der Waals surface area contributed by atoms with Crippen LogP contribution in [0.3, 0.4) is 0 Å². The van der Waals surface area contributed by atoms with Crippen molar-refractivity contribution < 1.29 is 4.42 Å². The molecule has 0 saturated heterocycles. The summed E-state index contributed by atoms with van der Waals surface area (Å²) in [6, 6.07) is 84.7. The minimum absolute atomic E-state index is 0.890. The molecule has 0 saturated carbocycles. The lowest BCUT2D eigenvalue weighted by Gasteiger charge is -2.29. The quantitative estimate of drug-likeness (QED) is 0.153. The van der Waals surface area contributed by atoms with Crippen molar-refractivity contribution in [2.75, 3.05) is 9.80 Å². The molecule has 0 unspecified atom stereocenters. The maximum absolute atomic E-state index is 6.37. The molecule has 0 bridgehead atoms. The molecule has 0 aliphatic carbocycles. The van der Waals surface area contributed by atoms with Crippen molar-refractivity contribution >= 4 is 88.6 Å². The molecular formula is C58H39N3O. The van der Waals surface area contributed by atoms with E-state index in [1.165, 1.54) is 27.1 Å². The molecular weight excluding hydrogens is 755 g/mol. The standard InChI is InChI=1S/C58H39N3O/c1-4-19-44(20-5-1)59(47-25-14-18-40(34-47)43-30-33-57-53(36-43)54-35-41-16-10-11-17-42(41)37-58(54)62-57)48-26-15-27-49(38-48)60(45-21-6-2-7-22-45)50-31-32-52-51-28-12-13-29-55(51)61(56(52)39-50)46-23-8-3-9-24-46/h1-39H. The van der Waals surface area contributed by atoms with Gasteiger partial charge in [0.25, 0.3) is 0 Å². The third kappa shape index (κ3) is 6.08. The molecule has 62 heavy (non-hydrogen) atoms. The van der Waals surface area contributed by atoms with Gasteiger partial charge in [0.2, 0.25) is 0 Å². The molecule has 0 amide bonds. The Bertz CT molecular complexity index is 3590. The van der Waals surface area contributed by atoms with E-state index < -0.39 is 0 Å². The Morgan fingerprint density at radius 3 is 1.55 bits per heavy atom. The Kier molecular flexibility index (Phi) is 8.46. The summed E-state index contributed by atoms with van der Waals surface area (Å²) in [5.74, 6) is 0. The maximum atomic E-state index is 6.37. The summed E-state index contributed by atoms with van der Waals surface area (Å²) >= 11 is 0. The Morgan fingerprint density at radius 2 is 0.823 bits per heavy atom. The van der Waals surface area contributed by atoms with Crippen molar-refractivity contribution in [1.82, 2.24) is 4.57 Å². The van der Waals surface area contributed by atoms with Crippen LogP contribution in [-0.4, -0.2) is 4.57 Å². The second kappa shape index (κ2) is 14.7. The summed E-state index contributed by atoms with van der Waals surface area (Å²) in [6.07, 6.45) is 0. The van der Waals surface area contributed by atoms with E-state index in [9.17, 15) is 0 Å². The molecule has 0 fully saturated rings. The van der Waals surface area contributed by atoms with Crippen LogP contribution in [0.2, 0.25) is 0 Å². The lowest BCUT2D eigenvalue weighted by Crippen LogP contribution is -2.13. The van der Waals surface area contributed by atoms with E-state index >= 15 is 0 Å². The monoisotopic (exact) mass is 793 g/mol. The molecule has 292 valence electrons. The number of anilines is 6. The fourth-order valence-electron chi connectivity index (χ4n) is 9.24. The molecule has 12 rings (SSSR count). The average molecular weight is 794 g/mol. The van der Waals surface area contributed by atoms with Crippen LogP contribution in [0.1, 0.15) is 0 Å². The summed E-state index contributed by atoms with van der Waals surface area (Å²) in [5.41, 5.74) is 13.9. The number of fused-ring (bicyclic) bond motifs is 7. The Balaban J connectivity index is 0.989. The van der Waals surface area contributed by atoms with E-state index in [4.69, 9.17) is 4.42 Å². The third-order valence-electron chi connectivity index (χ3n) is 12.1. The predicted octanol–water partition coefficient (Wildman–Crippen LogP) is 16.4. The van der Waals surface area contributed by atoms with Crippen LogP contribution in [0.5, 0.6) is 0 Å². The molecule has 0 radical (unpaired) electrons. The van der Waals surface area contributed by atoms with Crippen LogP contribution in [0.4, 0.5) is 34.1 Å².